The first-order valence-corrected chi connectivity index (χ1v) is 23.5. The van der Waals surface area contributed by atoms with Crippen LogP contribution in [0.4, 0.5) is 14.0 Å². The monoisotopic (exact) mass is 934 g/mol. The first-order valence-electron chi connectivity index (χ1n) is 22.7. The summed E-state index contributed by atoms with van der Waals surface area (Å²) in [5.41, 5.74) is 5.31. The van der Waals surface area contributed by atoms with Gasteiger partial charge < -0.3 is 44.6 Å². The first-order chi connectivity index (χ1) is 32.1. The Bertz CT molecular complexity index is 2880. The van der Waals surface area contributed by atoms with Crippen LogP contribution in [0.2, 0.25) is 0 Å². The van der Waals surface area contributed by atoms with Gasteiger partial charge in [-0.05, 0) is 81.7 Å². The predicted molar refractivity (Wildman–Crippen MR) is 249 cm³/mol. The third kappa shape index (κ3) is 8.37. The maximum absolute atomic E-state index is 16.9. The van der Waals surface area contributed by atoms with E-state index in [-0.39, 0.29) is 35.7 Å². The summed E-state index contributed by atoms with van der Waals surface area (Å²) in [7, 11) is 2.54. The lowest BCUT2D eigenvalue weighted by molar-refractivity contribution is -0.136. The Hall–Kier alpha value is -6.76. The molecule has 67 heavy (non-hydrogen) atoms. The number of halogens is 1. The molecule has 17 nitrogen and oxygen atoms in total. The van der Waals surface area contributed by atoms with Crippen LogP contribution in [-0.4, -0.2) is 103 Å². The van der Waals surface area contributed by atoms with Crippen molar-refractivity contribution in [2.45, 2.75) is 97.6 Å². The van der Waals surface area contributed by atoms with Gasteiger partial charge in [-0.15, -0.1) is 11.3 Å². The van der Waals surface area contributed by atoms with E-state index in [4.69, 9.17) is 24.2 Å². The SMILES string of the molecule is COC(=O)N[C@H](C(=O)N1CCC[C@H]1c1ncc(-c2cc(F)c3c(c2)OC(c2sc(C)nc2C)n2c-3cc3cc(-c4cnc([C@@H]5CCCN5C(=O)[C@@H](NC(=O)OC)C(C)C)[nH]4)ccc32)[nH]1)C(C)C. The van der Waals surface area contributed by atoms with Crippen molar-refractivity contribution in [3.05, 3.63) is 81.8 Å². The molecule has 4 amide bonds. The number of rotatable bonds is 11. The van der Waals surface area contributed by atoms with Crippen LogP contribution in [0.25, 0.3) is 44.7 Å². The van der Waals surface area contributed by atoms with Crippen LogP contribution in [0.3, 0.4) is 0 Å². The lowest BCUT2D eigenvalue weighted by Gasteiger charge is -2.30. The average molecular weight is 935 g/mol. The number of H-pyrrole nitrogens is 2. The van der Waals surface area contributed by atoms with E-state index < -0.39 is 36.3 Å². The third-order valence-electron chi connectivity index (χ3n) is 13.1. The lowest BCUT2D eigenvalue weighted by Crippen LogP contribution is -2.51. The quantitative estimate of drug-likeness (QED) is 0.0979. The Morgan fingerprint density at radius 1 is 0.806 bits per heavy atom. The van der Waals surface area contributed by atoms with Crippen LogP contribution in [0, 0.1) is 31.5 Å². The molecule has 0 spiro atoms. The summed E-state index contributed by atoms with van der Waals surface area (Å²) in [5, 5.41) is 7.12. The number of methoxy groups -OCH3 is 2. The fourth-order valence-corrected chi connectivity index (χ4v) is 10.7. The van der Waals surface area contributed by atoms with Crippen LogP contribution in [0.15, 0.2) is 48.8 Å². The summed E-state index contributed by atoms with van der Waals surface area (Å²) in [4.78, 5) is 77.2. The number of imidazole rings is 2. The molecule has 4 N–H and O–H groups in total. The van der Waals surface area contributed by atoms with Crippen LogP contribution >= 0.6 is 11.3 Å². The van der Waals surface area contributed by atoms with E-state index in [2.05, 4.69) is 25.6 Å². The van der Waals surface area contributed by atoms with E-state index in [1.165, 1.54) is 31.6 Å². The Morgan fingerprint density at radius 2 is 1.37 bits per heavy atom. The number of hydrogen-bond acceptors (Lipinski definition) is 11. The van der Waals surface area contributed by atoms with Crippen molar-refractivity contribution in [2.75, 3.05) is 27.3 Å². The first kappa shape index (κ1) is 45.4. The predicted octanol–water partition coefficient (Wildman–Crippen LogP) is 8.33. The van der Waals surface area contributed by atoms with Gasteiger partial charge in [-0.3, -0.25) is 14.2 Å². The van der Waals surface area contributed by atoms with Gasteiger partial charge in [0, 0.05) is 29.6 Å². The number of amides is 4. The standard InChI is InChI=1S/C48H55FN10O7S/c1-23(2)39(55-47(62)64-7)44(60)57-15-9-11-34(57)42-50-21-31(53-42)27-13-14-33-29(17-27)19-36-38-30(49)18-28(20-37(38)66-46(59(33)36)41-25(5)52-26(6)67-41)32-22-51-43(54-32)35-12-10-16-58(35)45(61)40(24(3)4)56-48(63)65-8/h13-14,17-24,34-35,39-40,46H,9-12,15-16H2,1-8H3,(H,50,53)(H,51,54)(H,55,62)(H,56,63)/t34-,35-,39-,40-,46?/m0/s1. The molecule has 0 aliphatic carbocycles. The van der Waals surface area contributed by atoms with E-state index in [9.17, 15) is 19.2 Å². The molecular formula is C48H55FN10O7S. The Labute approximate surface area is 390 Å². The second kappa shape index (κ2) is 18.1. The van der Waals surface area contributed by atoms with Crippen molar-refractivity contribution >= 4 is 46.2 Å². The number of benzene rings is 2. The van der Waals surface area contributed by atoms with Gasteiger partial charge in [0.25, 0.3) is 0 Å². The molecule has 0 saturated carbocycles. The van der Waals surface area contributed by atoms with Crippen molar-refractivity contribution in [2.24, 2.45) is 11.8 Å². The van der Waals surface area contributed by atoms with Crippen LogP contribution in [0.1, 0.15) is 98.9 Å². The number of ether oxygens (including phenoxy) is 3. The number of carbonyl (C=O) groups excluding carboxylic acids is 4. The fraction of sp³-hybridized carbons (Fsp3) is 0.438. The number of aromatic amines is 2. The smallest absolute Gasteiger partial charge is 0.407 e. The molecule has 19 heteroatoms. The number of aromatic nitrogens is 6. The second-order valence-electron chi connectivity index (χ2n) is 18.1. The number of fused-ring (bicyclic) bond motifs is 5. The minimum Gasteiger partial charge on any atom is -0.464 e. The van der Waals surface area contributed by atoms with Crippen LogP contribution < -0.4 is 15.4 Å². The van der Waals surface area contributed by atoms with Gasteiger partial charge in [0.05, 0.1) is 82.4 Å². The van der Waals surface area contributed by atoms with Crippen molar-refractivity contribution in [1.29, 1.82) is 0 Å². The lowest BCUT2D eigenvalue weighted by atomic mass is 10.0. The molecule has 0 radical (unpaired) electrons. The van der Waals surface area contributed by atoms with Crippen molar-refractivity contribution < 1.29 is 37.8 Å². The van der Waals surface area contributed by atoms with Gasteiger partial charge in [0.2, 0.25) is 18.0 Å². The summed E-state index contributed by atoms with van der Waals surface area (Å²) in [5.74, 6) is 0.358. The van der Waals surface area contributed by atoms with Crippen molar-refractivity contribution in [3.8, 4) is 39.5 Å². The van der Waals surface area contributed by atoms with Crippen molar-refractivity contribution in [1.82, 2.24) is 49.9 Å². The van der Waals surface area contributed by atoms with Gasteiger partial charge in [0.1, 0.15) is 35.3 Å². The van der Waals surface area contributed by atoms with Gasteiger partial charge in [0.15, 0.2) is 0 Å². The van der Waals surface area contributed by atoms with E-state index in [0.717, 1.165) is 57.0 Å². The Balaban J connectivity index is 1.03. The molecule has 3 aliphatic rings. The highest BCUT2D eigenvalue weighted by molar-refractivity contribution is 7.11. The number of nitrogens with one attached hydrogen (secondary N) is 4. The number of thiazole rings is 1. The van der Waals surface area contributed by atoms with E-state index in [1.807, 2.05) is 76.4 Å². The van der Waals surface area contributed by atoms with Gasteiger partial charge in [-0.25, -0.2) is 28.9 Å². The minimum absolute atomic E-state index is 0.155. The zero-order valence-electron chi connectivity index (χ0n) is 38.7. The second-order valence-corrected chi connectivity index (χ2v) is 19.4. The molecule has 2 fully saturated rings. The summed E-state index contributed by atoms with van der Waals surface area (Å²) in [6.07, 6.45) is 4.37. The molecule has 9 rings (SSSR count). The van der Waals surface area contributed by atoms with E-state index >= 15 is 4.39 Å². The summed E-state index contributed by atoms with van der Waals surface area (Å²) in [6, 6.07) is 9.12. The van der Waals surface area contributed by atoms with Gasteiger partial charge in [-0.1, -0.05) is 33.8 Å². The third-order valence-corrected chi connectivity index (χ3v) is 14.2. The average Bonchev–Trinajstić information content (AvgIpc) is 4.17. The number of hydrogen-bond donors (Lipinski definition) is 4. The van der Waals surface area contributed by atoms with E-state index in [1.54, 1.807) is 22.2 Å². The van der Waals surface area contributed by atoms with Crippen molar-refractivity contribution in [3.63, 3.8) is 0 Å². The van der Waals surface area contributed by atoms with Crippen LogP contribution in [0.5, 0.6) is 5.75 Å². The number of alkyl carbamates (subject to hydrolysis) is 2. The van der Waals surface area contributed by atoms with E-state index in [0.29, 0.717) is 59.4 Å². The Morgan fingerprint density at radius 3 is 1.90 bits per heavy atom. The number of likely N-dealkylation sites (tertiary alicyclic amines) is 2. The highest BCUT2D eigenvalue weighted by atomic mass is 32.1. The normalized spacial score (nSPS) is 18.8. The largest absolute Gasteiger partial charge is 0.464 e. The molecular weight excluding hydrogens is 880 g/mol. The molecule has 2 saturated heterocycles. The zero-order chi connectivity index (χ0) is 47.4. The molecule has 2 aromatic carbocycles. The van der Waals surface area contributed by atoms with Gasteiger partial charge >= 0.3 is 12.2 Å². The fourth-order valence-electron chi connectivity index (χ4n) is 9.74. The molecule has 7 heterocycles. The Kier molecular flexibility index (Phi) is 12.3. The zero-order valence-corrected chi connectivity index (χ0v) is 39.5. The number of aryl methyl sites for hydroxylation is 2. The molecule has 3 aliphatic heterocycles. The molecule has 4 aromatic heterocycles. The number of carbonyl (C=O) groups is 4. The summed E-state index contributed by atoms with van der Waals surface area (Å²) >= 11 is 1.53. The topological polar surface area (TPSA) is 202 Å². The maximum Gasteiger partial charge on any atom is 0.407 e. The highest BCUT2D eigenvalue weighted by Crippen LogP contribution is 2.49. The molecule has 352 valence electrons. The van der Waals surface area contributed by atoms with Crippen LogP contribution in [-0.2, 0) is 19.1 Å². The highest BCUT2D eigenvalue weighted by Gasteiger charge is 2.40. The molecule has 6 aromatic rings. The summed E-state index contributed by atoms with van der Waals surface area (Å²) < 4.78 is 35.3. The summed E-state index contributed by atoms with van der Waals surface area (Å²) in [6.45, 7) is 12.4. The maximum atomic E-state index is 16.9. The number of nitrogens with zero attached hydrogens (tertiary/aromatic N) is 6. The molecule has 5 atom stereocenters. The molecule has 1 unspecified atom stereocenters. The molecule has 0 bridgehead atoms. The minimum atomic E-state index is -0.775. The van der Waals surface area contributed by atoms with Gasteiger partial charge in [-0.2, -0.15) is 0 Å².